The molecule has 2 N–H and O–H groups in total. The third-order valence-electron chi connectivity index (χ3n) is 3.35. The minimum Gasteiger partial charge on any atom is -0.393 e. The molecule has 0 aromatic heterocycles. The highest BCUT2D eigenvalue weighted by molar-refractivity contribution is 9.10. The summed E-state index contributed by atoms with van der Waals surface area (Å²) in [5.74, 6) is -0.171. The SMILES string of the molecule is CCS(=O)(=O)[C@@H]1[C@H](C(N)=S)[C@H]1c1ccc(Br)cc1. The second kappa shape index (κ2) is 4.90. The Morgan fingerprint density at radius 2 is 1.94 bits per heavy atom. The molecule has 0 spiro atoms. The van der Waals surface area contributed by atoms with Crippen LogP contribution in [0.25, 0.3) is 0 Å². The molecule has 0 saturated heterocycles. The smallest absolute Gasteiger partial charge is 0.154 e. The van der Waals surface area contributed by atoms with Crippen LogP contribution in [-0.4, -0.2) is 24.4 Å². The van der Waals surface area contributed by atoms with Crippen molar-refractivity contribution in [1.29, 1.82) is 0 Å². The van der Waals surface area contributed by atoms with E-state index in [1.807, 2.05) is 24.3 Å². The Morgan fingerprint density at radius 1 is 1.39 bits per heavy atom. The summed E-state index contributed by atoms with van der Waals surface area (Å²) in [5.41, 5.74) is 6.64. The maximum atomic E-state index is 12.0. The van der Waals surface area contributed by atoms with Crippen LogP contribution < -0.4 is 5.73 Å². The summed E-state index contributed by atoms with van der Waals surface area (Å²) in [6.07, 6.45) is 0. The van der Waals surface area contributed by atoms with E-state index in [1.165, 1.54) is 0 Å². The zero-order chi connectivity index (χ0) is 13.5. The van der Waals surface area contributed by atoms with Gasteiger partial charge in [-0.05, 0) is 17.7 Å². The third-order valence-corrected chi connectivity index (χ3v) is 6.38. The number of hydrogen-bond acceptors (Lipinski definition) is 3. The van der Waals surface area contributed by atoms with E-state index in [1.54, 1.807) is 6.92 Å². The second-order valence-corrected chi connectivity index (χ2v) is 8.26. The fraction of sp³-hybridized carbons (Fsp3) is 0.417. The van der Waals surface area contributed by atoms with Crippen molar-refractivity contribution >= 4 is 43.0 Å². The molecule has 1 aliphatic carbocycles. The van der Waals surface area contributed by atoms with Crippen LogP contribution in [0.15, 0.2) is 28.7 Å². The first-order valence-corrected chi connectivity index (χ1v) is 8.56. The lowest BCUT2D eigenvalue weighted by Gasteiger charge is -2.00. The van der Waals surface area contributed by atoms with Crippen LogP contribution in [0.2, 0.25) is 0 Å². The normalized spacial score (nSPS) is 26.9. The minimum atomic E-state index is -3.11. The molecule has 1 aromatic carbocycles. The van der Waals surface area contributed by atoms with E-state index in [9.17, 15) is 8.42 Å². The van der Waals surface area contributed by atoms with Gasteiger partial charge < -0.3 is 5.73 Å². The van der Waals surface area contributed by atoms with Crippen molar-refractivity contribution in [2.75, 3.05) is 5.75 Å². The van der Waals surface area contributed by atoms with Crippen LogP contribution in [0, 0.1) is 5.92 Å². The Kier molecular flexibility index (Phi) is 3.80. The van der Waals surface area contributed by atoms with Crippen molar-refractivity contribution < 1.29 is 8.42 Å². The first-order chi connectivity index (χ1) is 8.38. The molecular formula is C12H14BrNO2S2. The van der Waals surface area contributed by atoms with Crippen LogP contribution in [0.5, 0.6) is 0 Å². The zero-order valence-electron chi connectivity index (χ0n) is 9.84. The van der Waals surface area contributed by atoms with Gasteiger partial charge in [-0.2, -0.15) is 0 Å². The number of benzene rings is 1. The maximum Gasteiger partial charge on any atom is 0.154 e. The highest BCUT2D eigenvalue weighted by Crippen LogP contribution is 2.52. The van der Waals surface area contributed by atoms with E-state index in [-0.39, 0.29) is 17.6 Å². The molecule has 3 nitrogen and oxygen atoms in total. The molecule has 18 heavy (non-hydrogen) atoms. The molecule has 1 fully saturated rings. The largest absolute Gasteiger partial charge is 0.393 e. The van der Waals surface area contributed by atoms with E-state index in [4.69, 9.17) is 18.0 Å². The Hall–Kier alpha value is -0.460. The molecule has 0 bridgehead atoms. The van der Waals surface area contributed by atoms with E-state index >= 15 is 0 Å². The average Bonchev–Trinajstić information content (AvgIpc) is 3.06. The number of hydrogen-bond donors (Lipinski definition) is 1. The van der Waals surface area contributed by atoms with Gasteiger partial charge in [0.2, 0.25) is 0 Å². The van der Waals surface area contributed by atoms with Gasteiger partial charge in [-0.1, -0.05) is 47.2 Å². The van der Waals surface area contributed by atoms with Crippen LogP contribution in [0.1, 0.15) is 18.4 Å². The van der Waals surface area contributed by atoms with Crippen molar-refractivity contribution in [3.8, 4) is 0 Å². The molecule has 1 saturated carbocycles. The molecule has 98 valence electrons. The lowest BCUT2D eigenvalue weighted by Crippen LogP contribution is -2.18. The fourth-order valence-electron chi connectivity index (χ4n) is 2.34. The predicted octanol–water partition coefficient (Wildman–Crippen LogP) is 2.25. The molecule has 1 aromatic rings. The summed E-state index contributed by atoms with van der Waals surface area (Å²) in [5, 5.41) is -0.443. The van der Waals surface area contributed by atoms with Gasteiger partial charge in [0.15, 0.2) is 9.84 Å². The molecule has 3 atom stereocenters. The Balaban J connectivity index is 2.33. The van der Waals surface area contributed by atoms with Gasteiger partial charge in [0.1, 0.15) is 0 Å². The first kappa shape index (κ1) is 14.0. The van der Waals surface area contributed by atoms with E-state index < -0.39 is 15.1 Å². The molecule has 0 aliphatic heterocycles. The predicted molar refractivity (Wildman–Crippen MR) is 80.4 cm³/mol. The van der Waals surface area contributed by atoms with Crippen LogP contribution in [0.3, 0.4) is 0 Å². The molecular weight excluding hydrogens is 334 g/mol. The lowest BCUT2D eigenvalue weighted by atomic mass is 10.1. The van der Waals surface area contributed by atoms with Gasteiger partial charge >= 0.3 is 0 Å². The molecule has 1 aliphatic rings. The highest BCUT2D eigenvalue weighted by atomic mass is 79.9. The summed E-state index contributed by atoms with van der Waals surface area (Å²) in [6, 6.07) is 7.65. The summed E-state index contributed by atoms with van der Waals surface area (Å²) >= 11 is 8.34. The molecule has 6 heteroatoms. The third kappa shape index (κ3) is 2.46. The van der Waals surface area contributed by atoms with Crippen molar-refractivity contribution in [2.45, 2.75) is 18.1 Å². The van der Waals surface area contributed by atoms with Crippen molar-refractivity contribution in [2.24, 2.45) is 11.7 Å². The van der Waals surface area contributed by atoms with Gasteiger partial charge in [-0.15, -0.1) is 0 Å². The Morgan fingerprint density at radius 3 is 2.39 bits per heavy atom. The summed E-state index contributed by atoms with van der Waals surface area (Å²) in [7, 11) is -3.11. The monoisotopic (exact) mass is 347 g/mol. The van der Waals surface area contributed by atoms with E-state index in [0.717, 1.165) is 10.0 Å². The van der Waals surface area contributed by atoms with Gasteiger partial charge in [0, 0.05) is 22.1 Å². The number of nitrogens with two attached hydrogens (primary N) is 1. The van der Waals surface area contributed by atoms with Crippen molar-refractivity contribution in [1.82, 2.24) is 0 Å². The number of halogens is 1. The number of rotatable bonds is 4. The van der Waals surface area contributed by atoms with Gasteiger partial charge in [0.25, 0.3) is 0 Å². The highest BCUT2D eigenvalue weighted by Gasteiger charge is 2.59. The second-order valence-electron chi connectivity index (χ2n) is 4.42. The Bertz CT molecular complexity index is 568. The maximum absolute atomic E-state index is 12.0. The van der Waals surface area contributed by atoms with E-state index in [0.29, 0.717) is 4.99 Å². The lowest BCUT2D eigenvalue weighted by molar-refractivity contribution is 0.594. The molecule has 0 amide bonds. The van der Waals surface area contributed by atoms with Crippen molar-refractivity contribution in [3.05, 3.63) is 34.3 Å². The number of thiocarbonyl (C=S) groups is 1. The summed E-state index contributed by atoms with van der Waals surface area (Å²) < 4.78 is 25.0. The van der Waals surface area contributed by atoms with Gasteiger partial charge in [-0.25, -0.2) is 8.42 Å². The van der Waals surface area contributed by atoms with Crippen LogP contribution >= 0.6 is 28.1 Å². The minimum absolute atomic E-state index is 0.0828. The quantitative estimate of drug-likeness (QED) is 0.848. The summed E-state index contributed by atoms with van der Waals surface area (Å²) in [6.45, 7) is 1.66. The fourth-order valence-corrected chi connectivity index (χ4v) is 4.82. The molecule has 0 heterocycles. The van der Waals surface area contributed by atoms with Gasteiger partial charge in [-0.3, -0.25) is 0 Å². The van der Waals surface area contributed by atoms with Gasteiger partial charge in [0.05, 0.1) is 10.2 Å². The molecule has 0 radical (unpaired) electrons. The number of sulfone groups is 1. The first-order valence-electron chi connectivity index (χ1n) is 5.65. The molecule has 2 rings (SSSR count). The molecule has 0 unspecified atom stereocenters. The topological polar surface area (TPSA) is 60.2 Å². The van der Waals surface area contributed by atoms with E-state index in [2.05, 4.69) is 15.9 Å². The van der Waals surface area contributed by atoms with Crippen molar-refractivity contribution in [3.63, 3.8) is 0 Å². The Labute approximate surface area is 121 Å². The average molecular weight is 348 g/mol. The summed E-state index contributed by atoms with van der Waals surface area (Å²) in [4.78, 5) is 0.296. The van der Waals surface area contributed by atoms with Crippen LogP contribution in [-0.2, 0) is 9.84 Å². The standard InChI is InChI=1S/C12H14BrNO2S2/c1-2-18(15,16)11-9(10(11)12(14)17)7-3-5-8(13)6-4-7/h3-6,9-11H,2H2,1H3,(H2,14,17)/t9-,10-,11+/m1/s1. The zero-order valence-corrected chi connectivity index (χ0v) is 13.1. The van der Waals surface area contributed by atoms with Crippen LogP contribution in [0.4, 0.5) is 0 Å².